The van der Waals surface area contributed by atoms with Gasteiger partial charge in [0, 0.05) is 12.2 Å². The molecular formula is C13H20N2S. The molecule has 0 spiro atoms. The Balaban J connectivity index is 2.28. The first-order valence-corrected chi connectivity index (χ1v) is 7.18. The molecule has 0 aliphatic heterocycles. The molecule has 0 fully saturated rings. The predicted molar refractivity (Wildman–Crippen MR) is 69.8 cm³/mol. The molecule has 0 unspecified atom stereocenters. The summed E-state index contributed by atoms with van der Waals surface area (Å²) < 4.78 is 0. The average Bonchev–Trinajstić information content (AvgIpc) is 2.35. The monoisotopic (exact) mass is 236 g/mol. The molecule has 88 valence electrons. The number of nitrogens with two attached hydrogens (primary N) is 1. The molecule has 0 radical (unpaired) electrons. The molecule has 1 aromatic rings. The molecule has 2 rings (SSSR count). The minimum Gasteiger partial charge on any atom is -0.326 e. The number of aromatic nitrogens is 1. The van der Waals surface area contributed by atoms with Crippen LogP contribution in [0.3, 0.4) is 0 Å². The molecule has 1 aliphatic rings. The minimum absolute atomic E-state index is 0.617. The number of hydrogen-bond acceptors (Lipinski definition) is 3. The molecule has 0 amide bonds. The van der Waals surface area contributed by atoms with Crippen LogP contribution in [0.2, 0.25) is 0 Å². The van der Waals surface area contributed by atoms with Crippen LogP contribution >= 0.6 is 11.8 Å². The van der Waals surface area contributed by atoms with Crippen molar-refractivity contribution in [2.45, 2.75) is 50.6 Å². The molecule has 16 heavy (non-hydrogen) atoms. The molecule has 0 aromatic carbocycles. The van der Waals surface area contributed by atoms with Gasteiger partial charge in [-0.25, -0.2) is 4.98 Å². The summed E-state index contributed by atoms with van der Waals surface area (Å²) in [6, 6.07) is 2.29. The zero-order chi connectivity index (χ0) is 11.4. The van der Waals surface area contributed by atoms with Crippen LogP contribution in [0, 0.1) is 0 Å². The van der Waals surface area contributed by atoms with Crippen molar-refractivity contribution in [2.75, 3.05) is 5.75 Å². The molecule has 0 saturated heterocycles. The summed E-state index contributed by atoms with van der Waals surface area (Å²) in [5, 5.41) is 1.17. The second-order valence-corrected chi connectivity index (χ2v) is 5.40. The zero-order valence-electron chi connectivity index (χ0n) is 9.96. The summed E-state index contributed by atoms with van der Waals surface area (Å²) in [6.07, 6.45) is 6.13. The average molecular weight is 236 g/mol. The molecule has 0 saturated carbocycles. The Hall–Kier alpha value is -0.540. The van der Waals surface area contributed by atoms with Crippen LogP contribution in [-0.2, 0) is 19.4 Å². The first-order chi connectivity index (χ1) is 7.85. The van der Waals surface area contributed by atoms with Gasteiger partial charge < -0.3 is 5.73 Å². The van der Waals surface area contributed by atoms with Gasteiger partial charge >= 0.3 is 0 Å². The Morgan fingerprint density at radius 3 is 2.94 bits per heavy atom. The third-order valence-electron chi connectivity index (χ3n) is 3.00. The van der Waals surface area contributed by atoms with E-state index in [1.807, 2.05) is 11.8 Å². The van der Waals surface area contributed by atoms with Gasteiger partial charge in [0.15, 0.2) is 0 Å². The maximum Gasteiger partial charge on any atom is 0.101 e. The number of rotatable bonds is 4. The van der Waals surface area contributed by atoms with Crippen molar-refractivity contribution in [1.29, 1.82) is 0 Å². The third-order valence-corrected chi connectivity index (χ3v) is 4.24. The fraction of sp³-hybridized carbons (Fsp3) is 0.615. The molecule has 2 nitrogen and oxygen atoms in total. The van der Waals surface area contributed by atoms with Crippen LogP contribution in [0.5, 0.6) is 0 Å². The summed E-state index contributed by atoms with van der Waals surface area (Å²) >= 11 is 1.85. The van der Waals surface area contributed by atoms with Crippen molar-refractivity contribution >= 4 is 11.8 Å². The lowest BCUT2D eigenvalue weighted by molar-refractivity contribution is 0.656. The van der Waals surface area contributed by atoms with Gasteiger partial charge in [-0.3, -0.25) is 0 Å². The number of nitrogens with zero attached hydrogens (tertiary/aromatic N) is 1. The van der Waals surface area contributed by atoms with Gasteiger partial charge in [-0.2, -0.15) is 0 Å². The minimum atomic E-state index is 0.617. The third kappa shape index (κ3) is 2.58. The van der Waals surface area contributed by atoms with Crippen molar-refractivity contribution in [2.24, 2.45) is 5.73 Å². The molecule has 2 N–H and O–H groups in total. The van der Waals surface area contributed by atoms with E-state index in [9.17, 15) is 0 Å². The van der Waals surface area contributed by atoms with E-state index < -0.39 is 0 Å². The van der Waals surface area contributed by atoms with E-state index in [1.165, 1.54) is 47.5 Å². The van der Waals surface area contributed by atoms with Gasteiger partial charge in [0.2, 0.25) is 0 Å². The fourth-order valence-electron chi connectivity index (χ4n) is 2.13. The predicted octanol–water partition coefficient (Wildman–Crippen LogP) is 2.92. The maximum atomic E-state index is 5.80. The lowest BCUT2D eigenvalue weighted by Crippen LogP contribution is -2.10. The second kappa shape index (κ2) is 5.69. The maximum absolute atomic E-state index is 5.80. The van der Waals surface area contributed by atoms with Crippen molar-refractivity contribution in [3.8, 4) is 0 Å². The van der Waals surface area contributed by atoms with Crippen molar-refractivity contribution < 1.29 is 0 Å². The van der Waals surface area contributed by atoms with Gasteiger partial charge in [0.1, 0.15) is 5.03 Å². The van der Waals surface area contributed by atoms with E-state index in [0.717, 1.165) is 12.2 Å². The van der Waals surface area contributed by atoms with E-state index in [4.69, 9.17) is 10.7 Å². The number of thioether (sulfide) groups is 1. The second-order valence-electron chi connectivity index (χ2n) is 4.32. The van der Waals surface area contributed by atoms with Crippen LogP contribution in [0.4, 0.5) is 0 Å². The van der Waals surface area contributed by atoms with E-state index in [0.29, 0.717) is 6.54 Å². The molecule has 1 heterocycles. The van der Waals surface area contributed by atoms with Crippen LogP contribution in [0.15, 0.2) is 11.1 Å². The SMILES string of the molecule is CCCSc1nc2c(cc1CN)CCCC2. The molecule has 3 heteroatoms. The molecular weight excluding hydrogens is 216 g/mol. The Bertz CT molecular complexity index is 363. The van der Waals surface area contributed by atoms with E-state index in [2.05, 4.69) is 13.0 Å². The summed E-state index contributed by atoms with van der Waals surface area (Å²) in [7, 11) is 0. The van der Waals surface area contributed by atoms with Crippen LogP contribution in [-0.4, -0.2) is 10.7 Å². The molecule has 0 atom stereocenters. The standard InChI is InChI=1S/C13H20N2S/c1-2-7-16-13-11(9-14)8-10-5-3-4-6-12(10)15-13/h8H,2-7,9,14H2,1H3. The highest BCUT2D eigenvalue weighted by Crippen LogP contribution is 2.27. The van der Waals surface area contributed by atoms with Gasteiger partial charge in [0.05, 0.1) is 0 Å². The van der Waals surface area contributed by atoms with Crippen molar-refractivity contribution in [1.82, 2.24) is 4.98 Å². The fourth-order valence-corrected chi connectivity index (χ4v) is 3.03. The van der Waals surface area contributed by atoms with Gasteiger partial charge in [-0.05, 0) is 49.0 Å². The highest BCUT2D eigenvalue weighted by Gasteiger charge is 2.14. The van der Waals surface area contributed by atoms with Crippen molar-refractivity contribution in [3.63, 3.8) is 0 Å². The molecule has 1 aliphatic carbocycles. The van der Waals surface area contributed by atoms with Gasteiger partial charge in [-0.1, -0.05) is 13.0 Å². The zero-order valence-corrected chi connectivity index (χ0v) is 10.8. The number of aryl methyl sites for hydroxylation is 2. The normalized spacial score (nSPS) is 14.9. The van der Waals surface area contributed by atoms with Crippen LogP contribution in [0.1, 0.15) is 43.0 Å². The van der Waals surface area contributed by atoms with Crippen LogP contribution in [0.25, 0.3) is 0 Å². The summed E-state index contributed by atoms with van der Waals surface area (Å²) in [5.41, 5.74) is 9.80. The quantitative estimate of drug-likeness (QED) is 0.817. The van der Waals surface area contributed by atoms with E-state index in [-0.39, 0.29) is 0 Å². The Labute approximate surface area is 102 Å². The Morgan fingerprint density at radius 2 is 2.19 bits per heavy atom. The topological polar surface area (TPSA) is 38.9 Å². The first kappa shape index (κ1) is 11.9. The van der Waals surface area contributed by atoms with Gasteiger partial charge in [0.25, 0.3) is 0 Å². The van der Waals surface area contributed by atoms with E-state index in [1.54, 1.807) is 0 Å². The highest BCUT2D eigenvalue weighted by molar-refractivity contribution is 7.99. The Kier molecular flexibility index (Phi) is 4.24. The Morgan fingerprint density at radius 1 is 1.38 bits per heavy atom. The van der Waals surface area contributed by atoms with Crippen LogP contribution < -0.4 is 5.73 Å². The summed E-state index contributed by atoms with van der Waals surface area (Å²) in [6.45, 7) is 2.82. The van der Waals surface area contributed by atoms with Gasteiger partial charge in [-0.15, -0.1) is 11.8 Å². The largest absolute Gasteiger partial charge is 0.326 e. The molecule has 0 bridgehead atoms. The van der Waals surface area contributed by atoms with Crippen molar-refractivity contribution in [3.05, 3.63) is 22.9 Å². The number of pyridine rings is 1. The highest BCUT2D eigenvalue weighted by atomic mass is 32.2. The first-order valence-electron chi connectivity index (χ1n) is 6.19. The number of fused-ring (bicyclic) bond motifs is 1. The van der Waals surface area contributed by atoms with E-state index >= 15 is 0 Å². The molecule has 1 aromatic heterocycles. The summed E-state index contributed by atoms with van der Waals surface area (Å²) in [5.74, 6) is 1.14. The lowest BCUT2D eigenvalue weighted by Gasteiger charge is -2.17. The smallest absolute Gasteiger partial charge is 0.101 e. The summed E-state index contributed by atoms with van der Waals surface area (Å²) in [4.78, 5) is 4.80. The lowest BCUT2D eigenvalue weighted by atomic mass is 9.95. The number of hydrogen-bond donors (Lipinski definition) is 1.